The Morgan fingerprint density at radius 2 is 0.730 bits per heavy atom. The van der Waals surface area contributed by atoms with E-state index in [0.29, 0.717) is 17.4 Å². The third-order valence-electron chi connectivity index (χ3n) is 14.1. The summed E-state index contributed by atoms with van der Waals surface area (Å²) < 4.78 is 34.2. The minimum atomic E-state index is -4.64. The van der Waals surface area contributed by atoms with Crippen LogP contribution >= 0.6 is 7.82 Å². The minimum Gasteiger partial charge on any atom is -0.756 e. The van der Waals surface area contributed by atoms with Crippen molar-refractivity contribution >= 4 is 19.8 Å². The second kappa shape index (κ2) is 56.0. The Morgan fingerprint density at radius 3 is 1.08 bits per heavy atom. The highest BCUT2D eigenvalue weighted by molar-refractivity contribution is 7.45. The first-order valence-electron chi connectivity index (χ1n) is 31.7. The number of phosphoric ester groups is 1. The van der Waals surface area contributed by atoms with Crippen molar-refractivity contribution in [2.24, 2.45) is 0 Å². The normalized spacial score (nSPS) is 13.4. The molecule has 0 aromatic carbocycles. The number of allylic oxidation sites excluding steroid dienone is 6. The molecule has 0 aromatic rings. The Labute approximate surface area is 459 Å². The number of carbonyl (C=O) groups is 2. The number of nitrogens with zero attached hydrogens (tertiary/aromatic N) is 1. The fraction of sp³-hybridized carbons (Fsp3) is 0.875. The maximum absolute atomic E-state index is 12.8. The van der Waals surface area contributed by atoms with Crippen molar-refractivity contribution in [2.75, 3.05) is 47.5 Å². The molecule has 0 spiro atoms. The first-order chi connectivity index (χ1) is 36.0. The van der Waals surface area contributed by atoms with Gasteiger partial charge in [0.2, 0.25) is 0 Å². The van der Waals surface area contributed by atoms with E-state index in [1.54, 1.807) is 0 Å². The Balaban J connectivity index is 4.09. The van der Waals surface area contributed by atoms with Crippen LogP contribution in [-0.2, 0) is 32.7 Å². The van der Waals surface area contributed by atoms with Gasteiger partial charge in [0.25, 0.3) is 7.82 Å². The highest BCUT2D eigenvalue weighted by Crippen LogP contribution is 2.38. The lowest BCUT2D eigenvalue weighted by atomic mass is 10.0. The lowest BCUT2D eigenvalue weighted by molar-refractivity contribution is -0.870. The molecule has 74 heavy (non-hydrogen) atoms. The van der Waals surface area contributed by atoms with Crippen LogP contribution in [-0.4, -0.2) is 70.0 Å². The molecule has 0 saturated heterocycles. The fourth-order valence-electron chi connectivity index (χ4n) is 9.21. The van der Waals surface area contributed by atoms with Gasteiger partial charge in [-0.05, 0) is 70.6 Å². The molecule has 0 rings (SSSR count). The monoisotopic (exact) mass is 1060 g/mol. The largest absolute Gasteiger partial charge is 0.756 e. The zero-order valence-corrected chi connectivity index (χ0v) is 50.5. The average Bonchev–Trinajstić information content (AvgIpc) is 3.36. The van der Waals surface area contributed by atoms with Gasteiger partial charge in [-0.1, -0.05) is 262 Å². The molecule has 0 fully saturated rings. The van der Waals surface area contributed by atoms with Crippen LogP contribution in [0.15, 0.2) is 36.5 Å². The van der Waals surface area contributed by atoms with Crippen LogP contribution in [0.4, 0.5) is 0 Å². The number of unbranched alkanes of at least 4 members (excludes halogenated alkanes) is 39. The van der Waals surface area contributed by atoms with Gasteiger partial charge >= 0.3 is 11.9 Å². The van der Waals surface area contributed by atoms with E-state index in [9.17, 15) is 19.0 Å². The van der Waals surface area contributed by atoms with Gasteiger partial charge < -0.3 is 27.9 Å². The number of rotatable bonds is 59. The van der Waals surface area contributed by atoms with Crippen molar-refractivity contribution in [3.63, 3.8) is 0 Å². The van der Waals surface area contributed by atoms with Gasteiger partial charge in [0.05, 0.1) is 27.7 Å². The Morgan fingerprint density at radius 1 is 0.419 bits per heavy atom. The van der Waals surface area contributed by atoms with Crippen molar-refractivity contribution in [1.29, 1.82) is 0 Å². The average molecular weight is 1060 g/mol. The Bertz CT molecular complexity index is 1340. The summed E-state index contributed by atoms with van der Waals surface area (Å²) in [5, 5.41) is 0. The van der Waals surface area contributed by atoms with E-state index in [2.05, 4.69) is 50.3 Å². The third-order valence-corrected chi connectivity index (χ3v) is 15.1. The molecule has 0 saturated carbocycles. The molecule has 2 unspecified atom stereocenters. The molecule has 0 aliphatic carbocycles. The molecule has 0 N–H and O–H groups in total. The summed E-state index contributed by atoms with van der Waals surface area (Å²) in [4.78, 5) is 38.0. The zero-order valence-electron chi connectivity index (χ0n) is 49.6. The lowest BCUT2D eigenvalue weighted by Crippen LogP contribution is -2.37. The molecular formula is C64H122NO8P. The summed E-state index contributed by atoms with van der Waals surface area (Å²) in [6.07, 6.45) is 69.1. The summed E-state index contributed by atoms with van der Waals surface area (Å²) in [6, 6.07) is 0. The lowest BCUT2D eigenvalue weighted by Gasteiger charge is -2.28. The summed E-state index contributed by atoms with van der Waals surface area (Å²) in [5.41, 5.74) is 0. The summed E-state index contributed by atoms with van der Waals surface area (Å²) in [5.74, 6) is -0.820. The number of esters is 2. The number of phosphoric acid groups is 1. The topological polar surface area (TPSA) is 111 Å². The zero-order chi connectivity index (χ0) is 54.2. The maximum atomic E-state index is 12.8. The number of carbonyl (C=O) groups excluding carboxylic acids is 2. The molecule has 10 heteroatoms. The van der Waals surface area contributed by atoms with Crippen molar-refractivity contribution in [2.45, 2.75) is 315 Å². The number of hydrogen-bond acceptors (Lipinski definition) is 8. The number of ether oxygens (including phenoxy) is 2. The van der Waals surface area contributed by atoms with E-state index in [0.717, 1.165) is 44.9 Å². The second-order valence-electron chi connectivity index (χ2n) is 22.8. The SMILES string of the molecule is CCCCCCC/C=C\C/C=C\CCCCCCCCCCCCCCCC(=O)OC(COC(=O)CCCCCCCCCCCCCCC/C=C\CCCCCCCCCC)COP(=O)([O-])OCC[N+](C)(C)C. The number of likely N-dealkylation sites (N-methyl/N-ethyl adjacent to an activating group) is 1. The predicted octanol–water partition coefficient (Wildman–Crippen LogP) is 19.3. The van der Waals surface area contributed by atoms with Gasteiger partial charge in [-0.2, -0.15) is 0 Å². The van der Waals surface area contributed by atoms with Crippen LogP contribution in [0, 0.1) is 0 Å². The fourth-order valence-corrected chi connectivity index (χ4v) is 9.94. The van der Waals surface area contributed by atoms with Crippen LogP contribution in [0.5, 0.6) is 0 Å². The van der Waals surface area contributed by atoms with Crippen LogP contribution in [0.1, 0.15) is 309 Å². The van der Waals surface area contributed by atoms with E-state index in [4.69, 9.17) is 18.5 Å². The highest BCUT2D eigenvalue weighted by atomic mass is 31.2. The molecular weight excluding hydrogens is 942 g/mol. The van der Waals surface area contributed by atoms with E-state index in [-0.39, 0.29) is 32.0 Å². The van der Waals surface area contributed by atoms with E-state index >= 15 is 0 Å². The molecule has 2 atom stereocenters. The molecule has 0 amide bonds. The van der Waals surface area contributed by atoms with Gasteiger partial charge in [0.15, 0.2) is 6.10 Å². The second-order valence-corrected chi connectivity index (χ2v) is 24.2. The molecule has 9 nitrogen and oxygen atoms in total. The van der Waals surface area contributed by atoms with E-state index in [1.165, 1.54) is 231 Å². The predicted molar refractivity (Wildman–Crippen MR) is 314 cm³/mol. The molecule has 0 aliphatic rings. The van der Waals surface area contributed by atoms with Crippen LogP contribution in [0.2, 0.25) is 0 Å². The molecule has 0 heterocycles. The van der Waals surface area contributed by atoms with Crippen molar-refractivity contribution in [1.82, 2.24) is 0 Å². The van der Waals surface area contributed by atoms with Crippen molar-refractivity contribution < 1.29 is 42.1 Å². The molecule has 0 bridgehead atoms. The summed E-state index contributed by atoms with van der Waals surface area (Å²) >= 11 is 0. The number of quaternary nitrogens is 1. The standard InChI is InChI=1S/C64H122NO8P/c1-6-8-10-12-14-16-18-20-22-24-26-28-30-32-34-36-38-40-42-44-46-48-50-52-54-56-63(66)70-60-62(61-72-74(68,69)71-59-58-65(3,4)5)73-64(67)57-55-53-51-49-47-45-43-41-39-37-35-33-31-29-27-25-23-21-19-17-15-13-11-9-7-2/h19,21,24-27,62H,6-18,20,22-23,28-61H2,1-5H3/b21-19-,26-24-,27-25-. The van der Waals surface area contributed by atoms with Gasteiger partial charge in [-0.25, -0.2) is 0 Å². The van der Waals surface area contributed by atoms with E-state index < -0.39 is 26.5 Å². The quantitative estimate of drug-likeness (QED) is 0.0195. The van der Waals surface area contributed by atoms with Crippen LogP contribution in [0.25, 0.3) is 0 Å². The smallest absolute Gasteiger partial charge is 0.306 e. The summed E-state index contributed by atoms with van der Waals surface area (Å²) in [7, 11) is 1.18. The van der Waals surface area contributed by atoms with Crippen LogP contribution in [0.3, 0.4) is 0 Å². The molecule has 0 radical (unpaired) electrons. The maximum Gasteiger partial charge on any atom is 0.306 e. The highest BCUT2D eigenvalue weighted by Gasteiger charge is 2.22. The van der Waals surface area contributed by atoms with Crippen LogP contribution < -0.4 is 4.89 Å². The first kappa shape index (κ1) is 72.2. The summed E-state index contributed by atoms with van der Waals surface area (Å²) in [6.45, 7) is 4.28. The van der Waals surface area contributed by atoms with Crippen molar-refractivity contribution in [3.05, 3.63) is 36.5 Å². The third kappa shape index (κ3) is 59.5. The van der Waals surface area contributed by atoms with Crippen molar-refractivity contribution in [3.8, 4) is 0 Å². The molecule has 0 aliphatic heterocycles. The molecule has 0 aromatic heterocycles. The van der Waals surface area contributed by atoms with Gasteiger partial charge in [-0.3, -0.25) is 14.2 Å². The Kier molecular flexibility index (Phi) is 54.6. The molecule has 436 valence electrons. The van der Waals surface area contributed by atoms with Gasteiger partial charge in [0.1, 0.15) is 19.8 Å². The first-order valence-corrected chi connectivity index (χ1v) is 33.2. The van der Waals surface area contributed by atoms with Gasteiger partial charge in [0, 0.05) is 12.8 Å². The van der Waals surface area contributed by atoms with E-state index in [1.807, 2.05) is 21.1 Å². The Hall–Kier alpha value is -1.77. The minimum absolute atomic E-state index is 0.0294. The number of hydrogen-bond donors (Lipinski definition) is 0. The van der Waals surface area contributed by atoms with Gasteiger partial charge in [-0.15, -0.1) is 0 Å².